The standard InChI is InChI=1S/C25H26N4O3/c1-16-6-3-4-7-19(16)18-14-20-23(21(30)15-18)17(2)26-25(27-20)29-11-9-28(10-12-29)24(31)22-8-5-13-32-22/h3-8,13,18H,9-12,14-15H2,1-2H3/t18-/m0/s1. The minimum absolute atomic E-state index is 0.0936. The van der Waals surface area contributed by atoms with Crippen LogP contribution in [0.3, 0.4) is 0 Å². The van der Waals surface area contributed by atoms with Crippen LogP contribution in [0, 0.1) is 13.8 Å². The summed E-state index contributed by atoms with van der Waals surface area (Å²) in [6, 6.07) is 11.7. The van der Waals surface area contributed by atoms with Gasteiger partial charge in [-0.1, -0.05) is 24.3 Å². The van der Waals surface area contributed by atoms with Crippen LogP contribution in [0.1, 0.15) is 55.8 Å². The Morgan fingerprint density at radius 1 is 1.00 bits per heavy atom. The number of ketones is 1. The second kappa shape index (κ2) is 8.22. The van der Waals surface area contributed by atoms with E-state index in [0.29, 0.717) is 49.9 Å². The lowest BCUT2D eigenvalue weighted by Crippen LogP contribution is -2.49. The van der Waals surface area contributed by atoms with Gasteiger partial charge in [-0.2, -0.15) is 0 Å². The smallest absolute Gasteiger partial charge is 0.289 e. The highest BCUT2D eigenvalue weighted by molar-refractivity contribution is 5.99. The highest BCUT2D eigenvalue weighted by Gasteiger charge is 2.32. The Labute approximate surface area is 187 Å². The van der Waals surface area contributed by atoms with Crippen LogP contribution in [0.15, 0.2) is 47.1 Å². The summed E-state index contributed by atoms with van der Waals surface area (Å²) >= 11 is 0. The Morgan fingerprint density at radius 2 is 1.78 bits per heavy atom. The van der Waals surface area contributed by atoms with Crippen LogP contribution in [0.2, 0.25) is 0 Å². The first-order chi connectivity index (χ1) is 15.5. The van der Waals surface area contributed by atoms with E-state index in [0.717, 1.165) is 17.8 Å². The van der Waals surface area contributed by atoms with Gasteiger partial charge in [-0.25, -0.2) is 9.97 Å². The lowest BCUT2D eigenvalue weighted by molar-refractivity contribution is 0.0713. The molecule has 3 aromatic rings. The molecule has 0 spiro atoms. The summed E-state index contributed by atoms with van der Waals surface area (Å²) in [4.78, 5) is 38.9. The van der Waals surface area contributed by atoms with Crippen molar-refractivity contribution in [3.63, 3.8) is 0 Å². The molecule has 0 bridgehead atoms. The fourth-order valence-corrected chi connectivity index (χ4v) is 4.83. The van der Waals surface area contributed by atoms with E-state index >= 15 is 0 Å². The fourth-order valence-electron chi connectivity index (χ4n) is 4.83. The Morgan fingerprint density at radius 3 is 2.50 bits per heavy atom. The summed E-state index contributed by atoms with van der Waals surface area (Å²) in [6.07, 6.45) is 2.74. The quantitative estimate of drug-likeness (QED) is 0.632. The lowest BCUT2D eigenvalue weighted by atomic mass is 9.80. The summed E-state index contributed by atoms with van der Waals surface area (Å²) in [5.41, 5.74) is 4.69. The Hall–Kier alpha value is -3.48. The first-order valence-corrected chi connectivity index (χ1v) is 11.0. The highest BCUT2D eigenvalue weighted by atomic mass is 16.3. The summed E-state index contributed by atoms with van der Waals surface area (Å²) in [7, 11) is 0. The van der Waals surface area contributed by atoms with Crippen LogP contribution >= 0.6 is 0 Å². The van der Waals surface area contributed by atoms with Crippen molar-refractivity contribution in [3.05, 3.63) is 76.5 Å². The molecular weight excluding hydrogens is 404 g/mol. The van der Waals surface area contributed by atoms with Gasteiger partial charge in [0.2, 0.25) is 5.95 Å². The number of amides is 1. The SMILES string of the molecule is Cc1ccccc1[C@@H]1CC(=O)c2c(C)nc(N3CCN(C(=O)c4ccco4)CC3)nc2C1. The number of fused-ring (bicyclic) bond motifs is 1. The van der Waals surface area contributed by atoms with E-state index in [-0.39, 0.29) is 17.6 Å². The summed E-state index contributed by atoms with van der Waals surface area (Å²) < 4.78 is 5.24. The number of carbonyl (C=O) groups excluding carboxylic acids is 2. The molecule has 2 aliphatic rings. The molecule has 0 N–H and O–H groups in total. The van der Waals surface area contributed by atoms with E-state index < -0.39 is 0 Å². The van der Waals surface area contributed by atoms with E-state index in [4.69, 9.17) is 9.40 Å². The molecule has 3 heterocycles. The van der Waals surface area contributed by atoms with Crippen molar-refractivity contribution in [1.29, 1.82) is 0 Å². The molecule has 1 aliphatic heterocycles. The number of furan rings is 1. The fraction of sp³-hybridized carbons (Fsp3) is 0.360. The van der Waals surface area contributed by atoms with Crippen LogP contribution in [-0.4, -0.2) is 52.7 Å². The Bertz CT molecular complexity index is 1160. The maximum atomic E-state index is 13.0. The molecule has 1 saturated heterocycles. The van der Waals surface area contributed by atoms with Crippen molar-refractivity contribution in [1.82, 2.24) is 14.9 Å². The number of hydrogen-bond acceptors (Lipinski definition) is 6. The molecular formula is C25H26N4O3. The van der Waals surface area contributed by atoms with E-state index in [9.17, 15) is 9.59 Å². The average molecular weight is 431 g/mol. The third-order valence-corrected chi connectivity index (χ3v) is 6.51. The number of aryl methyl sites for hydroxylation is 2. The number of piperazine rings is 1. The topological polar surface area (TPSA) is 79.5 Å². The van der Waals surface area contributed by atoms with Crippen LogP contribution in [0.4, 0.5) is 5.95 Å². The second-order valence-electron chi connectivity index (χ2n) is 8.57. The number of Topliss-reactive ketones (excluding diaryl/α,β-unsaturated/α-hetero) is 1. The number of nitrogens with zero attached hydrogens (tertiary/aromatic N) is 4. The van der Waals surface area contributed by atoms with Gasteiger partial charge in [0.1, 0.15) is 0 Å². The molecule has 1 amide bonds. The maximum absolute atomic E-state index is 13.0. The normalized spacial score (nSPS) is 18.6. The number of aromatic nitrogens is 2. The number of anilines is 1. The molecule has 0 saturated carbocycles. The molecule has 32 heavy (non-hydrogen) atoms. The van der Waals surface area contributed by atoms with Crippen LogP contribution in [0.25, 0.3) is 0 Å². The van der Waals surface area contributed by atoms with Gasteiger partial charge in [0, 0.05) is 32.6 Å². The van der Waals surface area contributed by atoms with Gasteiger partial charge in [-0.05, 0) is 49.4 Å². The van der Waals surface area contributed by atoms with E-state index in [2.05, 4.69) is 28.9 Å². The number of rotatable bonds is 3. The number of carbonyl (C=O) groups is 2. The first-order valence-electron chi connectivity index (χ1n) is 11.0. The van der Waals surface area contributed by atoms with Gasteiger partial charge in [-0.15, -0.1) is 0 Å². The third-order valence-electron chi connectivity index (χ3n) is 6.51. The molecule has 7 heteroatoms. The molecule has 1 fully saturated rings. The van der Waals surface area contributed by atoms with Crippen molar-refractivity contribution < 1.29 is 14.0 Å². The average Bonchev–Trinajstić information content (AvgIpc) is 3.33. The summed E-state index contributed by atoms with van der Waals surface area (Å²) in [5, 5.41) is 0. The minimum Gasteiger partial charge on any atom is -0.459 e. The monoisotopic (exact) mass is 430 g/mol. The second-order valence-corrected chi connectivity index (χ2v) is 8.57. The molecule has 164 valence electrons. The van der Waals surface area contributed by atoms with Crippen LogP contribution in [0.5, 0.6) is 0 Å². The van der Waals surface area contributed by atoms with E-state index in [1.807, 2.05) is 19.1 Å². The van der Waals surface area contributed by atoms with Crippen molar-refractivity contribution in [2.45, 2.75) is 32.6 Å². The van der Waals surface area contributed by atoms with Gasteiger partial charge in [0.15, 0.2) is 11.5 Å². The molecule has 5 rings (SSSR count). The molecule has 1 atom stereocenters. The number of hydrogen-bond donors (Lipinski definition) is 0. The minimum atomic E-state index is -0.0936. The first kappa shape index (κ1) is 20.4. The van der Waals surface area contributed by atoms with Crippen molar-refractivity contribution in [3.8, 4) is 0 Å². The molecule has 1 aromatic carbocycles. The Balaban J connectivity index is 1.36. The molecule has 1 aliphatic carbocycles. The predicted octanol–water partition coefficient (Wildman–Crippen LogP) is 3.56. The van der Waals surface area contributed by atoms with Gasteiger partial charge >= 0.3 is 0 Å². The van der Waals surface area contributed by atoms with Crippen LogP contribution < -0.4 is 4.90 Å². The van der Waals surface area contributed by atoms with Crippen molar-refractivity contribution in [2.75, 3.05) is 31.1 Å². The van der Waals surface area contributed by atoms with Gasteiger partial charge in [-0.3, -0.25) is 9.59 Å². The lowest BCUT2D eigenvalue weighted by Gasteiger charge is -2.35. The summed E-state index contributed by atoms with van der Waals surface area (Å²) in [6.45, 7) is 6.41. The maximum Gasteiger partial charge on any atom is 0.289 e. The zero-order valence-corrected chi connectivity index (χ0v) is 18.4. The van der Waals surface area contributed by atoms with Gasteiger partial charge in [0.25, 0.3) is 5.91 Å². The van der Waals surface area contributed by atoms with E-state index in [1.165, 1.54) is 17.4 Å². The number of benzene rings is 1. The molecule has 7 nitrogen and oxygen atoms in total. The zero-order valence-electron chi connectivity index (χ0n) is 18.4. The van der Waals surface area contributed by atoms with Gasteiger partial charge in [0.05, 0.1) is 23.2 Å². The van der Waals surface area contributed by atoms with Crippen molar-refractivity contribution in [2.24, 2.45) is 0 Å². The molecule has 0 radical (unpaired) electrons. The molecule has 2 aromatic heterocycles. The van der Waals surface area contributed by atoms with Gasteiger partial charge < -0.3 is 14.2 Å². The van der Waals surface area contributed by atoms with Crippen LogP contribution in [-0.2, 0) is 6.42 Å². The zero-order chi connectivity index (χ0) is 22.2. The third kappa shape index (κ3) is 3.68. The highest BCUT2D eigenvalue weighted by Crippen LogP contribution is 2.35. The molecule has 0 unspecified atom stereocenters. The largest absolute Gasteiger partial charge is 0.459 e. The van der Waals surface area contributed by atoms with Crippen molar-refractivity contribution >= 4 is 17.6 Å². The Kier molecular flexibility index (Phi) is 5.25. The van der Waals surface area contributed by atoms with E-state index in [1.54, 1.807) is 17.0 Å². The summed E-state index contributed by atoms with van der Waals surface area (Å²) in [5.74, 6) is 1.17. The predicted molar refractivity (Wildman–Crippen MR) is 120 cm³/mol.